The molecule has 23 heavy (non-hydrogen) atoms. The van der Waals surface area contributed by atoms with Crippen LogP contribution in [0.15, 0.2) is 51.8 Å². The van der Waals surface area contributed by atoms with Crippen LogP contribution in [0, 0.1) is 11.3 Å². The van der Waals surface area contributed by atoms with E-state index >= 15 is 0 Å². The molecule has 2 rings (SSSR count). The number of para-hydroxylation sites is 1. The molecule has 0 saturated carbocycles. The third-order valence-corrected chi connectivity index (χ3v) is 4.50. The van der Waals surface area contributed by atoms with Crippen molar-refractivity contribution in [2.45, 2.75) is 4.90 Å². The third-order valence-electron chi connectivity index (χ3n) is 2.71. The Morgan fingerprint density at radius 1 is 1.35 bits per heavy atom. The Morgan fingerprint density at radius 2 is 2.13 bits per heavy atom. The van der Waals surface area contributed by atoms with Crippen LogP contribution in [0.25, 0.3) is 0 Å². The highest BCUT2D eigenvalue weighted by Crippen LogP contribution is 2.28. The molecule has 2 aromatic rings. The Morgan fingerprint density at radius 3 is 2.87 bits per heavy atom. The van der Waals surface area contributed by atoms with E-state index in [1.165, 1.54) is 11.8 Å². The maximum Gasteiger partial charge on any atom is 0.262 e. The average molecular weight is 412 g/mol. The number of hydrogen-bond acceptors (Lipinski definition) is 4. The Balaban J connectivity index is 1.96. The van der Waals surface area contributed by atoms with Gasteiger partial charge in [0.05, 0.1) is 22.0 Å². The molecule has 0 aliphatic heterocycles. The largest absolute Gasteiger partial charge is 0.483 e. The molecule has 0 aromatic heterocycles. The molecule has 0 fully saturated rings. The van der Waals surface area contributed by atoms with Crippen LogP contribution < -0.4 is 10.1 Å². The number of carbonyl (C=O) groups is 1. The number of nitrogens with zero attached hydrogens (tertiary/aromatic N) is 1. The van der Waals surface area contributed by atoms with Crippen LogP contribution in [0.5, 0.6) is 5.75 Å². The quantitative estimate of drug-likeness (QED) is 0.698. The molecule has 7 heteroatoms. The predicted molar refractivity (Wildman–Crippen MR) is 96.1 cm³/mol. The fourth-order valence-corrected chi connectivity index (χ4v) is 3.19. The number of ether oxygens (including phenoxy) is 1. The molecule has 0 heterocycles. The number of thioether (sulfide) groups is 1. The van der Waals surface area contributed by atoms with Gasteiger partial charge in [0.2, 0.25) is 0 Å². The van der Waals surface area contributed by atoms with Crippen molar-refractivity contribution in [1.82, 2.24) is 0 Å². The van der Waals surface area contributed by atoms with Crippen LogP contribution >= 0.6 is 39.3 Å². The van der Waals surface area contributed by atoms with Crippen molar-refractivity contribution in [2.24, 2.45) is 0 Å². The first-order valence-corrected chi connectivity index (χ1v) is 8.72. The molecule has 0 radical (unpaired) electrons. The fourth-order valence-electron chi connectivity index (χ4n) is 1.73. The number of halogens is 2. The van der Waals surface area contributed by atoms with E-state index < -0.39 is 0 Å². The zero-order valence-corrected chi connectivity index (χ0v) is 15.0. The second-order valence-electron chi connectivity index (χ2n) is 4.35. The van der Waals surface area contributed by atoms with Crippen molar-refractivity contribution in [3.8, 4) is 11.8 Å². The van der Waals surface area contributed by atoms with Gasteiger partial charge in [-0.15, -0.1) is 11.8 Å². The summed E-state index contributed by atoms with van der Waals surface area (Å²) in [4.78, 5) is 12.9. The van der Waals surface area contributed by atoms with Crippen LogP contribution in [-0.2, 0) is 4.79 Å². The summed E-state index contributed by atoms with van der Waals surface area (Å²) < 4.78 is 6.15. The average Bonchev–Trinajstić information content (AvgIpc) is 2.53. The molecule has 0 bridgehead atoms. The number of carbonyl (C=O) groups excluding carboxylic acids is 1. The summed E-state index contributed by atoms with van der Waals surface area (Å²) in [5.41, 5.74) is 0.663. The lowest BCUT2D eigenvalue weighted by Gasteiger charge is -2.11. The van der Waals surface area contributed by atoms with Crippen LogP contribution in [0.4, 0.5) is 5.69 Å². The molecular formula is C16H12BrClN2O2S. The van der Waals surface area contributed by atoms with E-state index in [0.29, 0.717) is 26.7 Å². The molecule has 0 unspecified atom stereocenters. The molecule has 118 valence electrons. The van der Waals surface area contributed by atoms with Crippen molar-refractivity contribution < 1.29 is 9.53 Å². The number of anilines is 1. The second kappa shape index (κ2) is 8.82. The first-order valence-electron chi connectivity index (χ1n) is 6.56. The minimum Gasteiger partial charge on any atom is -0.483 e. The topological polar surface area (TPSA) is 62.1 Å². The zero-order valence-electron chi connectivity index (χ0n) is 11.9. The molecule has 1 amide bonds. The standard InChI is InChI=1S/C16H12BrClN2O2S/c17-12-9-11(18)5-6-14(12)22-10-16(21)20-13-3-1-2-4-15(13)23-8-7-19/h1-6,9H,8,10H2,(H,20,21). The van der Waals surface area contributed by atoms with Crippen molar-refractivity contribution >= 4 is 50.9 Å². The normalized spacial score (nSPS) is 9.96. The Hall–Kier alpha value is -1.68. The van der Waals surface area contributed by atoms with E-state index in [9.17, 15) is 4.79 Å². The summed E-state index contributed by atoms with van der Waals surface area (Å²) in [6.45, 7) is -0.127. The maximum atomic E-state index is 12.0. The molecule has 0 aliphatic carbocycles. The summed E-state index contributed by atoms with van der Waals surface area (Å²) in [6.07, 6.45) is 0. The van der Waals surface area contributed by atoms with Crippen molar-refractivity contribution in [2.75, 3.05) is 17.7 Å². The number of hydrogen-bond donors (Lipinski definition) is 1. The Bertz CT molecular complexity index is 749. The van der Waals surface area contributed by atoms with Gasteiger partial charge in [-0.3, -0.25) is 4.79 Å². The lowest BCUT2D eigenvalue weighted by molar-refractivity contribution is -0.118. The zero-order chi connectivity index (χ0) is 16.7. The number of benzene rings is 2. The van der Waals surface area contributed by atoms with Gasteiger partial charge in [0.25, 0.3) is 5.91 Å². The van der Waals surface area contributed by atoms with Crippen LogP contribution in [-0.4, -0.2) is 18.3 Å². The van der Waals surface area contributed by atoms with E-state index in [2.05, 4.69) is 27.3 Å². The van der Waals surface area contributed by atoms with Gasteiger partial charge >= 0.3 is 0 Å². The van der Waals surface area contributed by atoms with E-state index in [0.717, 1.165) is 4.90 Å². The summed E-state index contributed by atoms with van der Waals surface area (Å²) >= 11 is 10.6. The molecule has 4 nitrogen and oxygen atoms in total. The van der Waals surface area contributed by atoms with Crippen LogP contribution in [0.2, 0.25) is 5.02 Å². The van der Waals surface area contributed by atoms with Gasteiger partial charge in [0, 0.05) is 9.92 Å². The third kappa shape index (κ3) is 5.47. The number of nitrogens with one attached hydrogen (secondary N) is 1. The lowest BCUT2D eigenvalue weighted by atomic mass is 10.3. The lowest BCUT2D eigenvalue weighted by Crippen LogP contribution is -2.20. The summed E-state index contributed by atoms with van der Waals surface area (Å²) in [7, 11) is 0. The Kier molecular flexibility index (Phi) is 6.78. The van der Waals surface area contributed by atoms with Gasteiger partial charge in [-0.25, -0.2) is 0 Å². The SMILES string of the molecule is N#CCSc1ccccc1NC(=O)COc1ccc(Cl)cc1Br. The molecule has 1 N–H and O–H groups in total. The van der Waals surface area contributed by atoms with Crippen LogP contribution in [0.3, 0.4) is 0 Å². The van der Waals surface area contributed by atoms with Gasteiger partial charge in [-0.05, 0) is 46.3 Å². The highest BCUT2D eigenvalue weighted by atomic mass is 79.9. The maximum absolute atomic E-state index is 12.0. The number of amides is 1. The Labute approximate surface area is 151 Å². The summed E-state index contributed by atoms with van der Waals surface area (Å²) in [6, 6.07) is 14.5. The highest BCUT2D eigenvalue weighted by molar-refractivity contribution is 9.10. The van der Waals surface area contributed by atoms with Gasteiger partial charge in [0.1, 0.15) is 5.75 Å². The minimum atomic E-state index is -0.281. The summed E-state index contributed by atoms with van der Waals surface area (Å²) in [5.74, 6) is 0.578. The molecule has 0 spiro atoms. The smallest absolute Gasteiger partial charge is 0.262 e. The second-order valence-corrected chi connectivity index (χ2v) is 6.66. The van der Waals surface area contributed by atoms with Crippen LogP contribution in [0.1, 0.15) is 0 Å². The molecule has 0 atom stereocenters. The first-order chi connectivity index (χ1) is 11.1. The highest BCUT2D eigenvalue weighted by Gasteiger charge is 2.09. The van der Waals surface area contributed by atoms with Crippen molar-refractivity contribution in [1.29, 1.82) is 5.26 Å². The fraction of sp³-hybridized carbons (Fsp3) is 0.125. The van der Waals surface area contributed by atoms with E-state index in [-0.39, 0.29) is 12.5 Å². The summed E-state index contributed by atoms with van der Waals surface area (Å²) in [5, 5.41) is 12.0. The predicted octanol–water partition coefficient (Wildman–Crippen LogP) is 4.74. The van der Waals surface area contributed by atoms with Gasteiger partial charge in [-0.2, -0.15) is 5.26 Å². The monoisotopic (exact) mass is 410 g/mol. The number of nitriles is 1. The molecule has 0 aliphatic rings. The van der Waals surface area contributed by atoms with Crippen molar-refractivity contribution in [3.63, 3.8) is 0 Å². The van der Waals surface area contributed by atoms with E-state index in [1.54, 1.807) is 24.3 Å². The molecular weight excluding hydrogens is 400 g/mol. The van der Waals surface area contributed by atoms with Gasteiger partial charge in [0.15, 0.2) is 6.61 Å². The van der Waals surface area contributed by atoms with E-state index in [1.807, 2.05) is 18.2 Å². The molecule has 2 aromatic carbocycles. The first kappa shape index (κ1) is 17.7. The minimum absolute atomic E-state index is 0.127. The van der Waals surface area contributed by atoms with Gasteiger partial charge in [-0.1, -0.05) is 23.7 Å². The van der Waals surface area contributed by atoms with Crippen molar-refractivity contribution in [3.05, 3.63) is 52.0 Å². The number of rotatable bonds is 6. The molecule has 0 saturated heterocycles. The van der Waals surface area contributed by atoms with E-state index in [4.69, 9.17) is 21.6 Å². The van der Waals surface area contributed by atoms with Gasteiger partial charge < -0.3 is 10.1 Å².